The summed E-state index contributed by atoms with van der Waals surface area (Å²) in [5, 5.41) is 0.914. The van der Waals surface area contributed by atoms with Gasteiger partial charge in [-0.15, -0.1) is 0 Å². The van der Waals surface area contributed by atoms with Crippen molar-refractivity contribution in [3.63, 3.8) is 0 Å². The summed E-state index contributed by atoms with van der Waals surface area (Å²) in [6.45, 7) is 8.42. The van der Waals surface area contributed by atoms with E-state index in [0.717, 1.165) is 5.56 Å². The van der Waals surface area contributed by atoms with Crippen LogP contribution in [0.5, 0.6) is 0 Å². The van der Waals surface area contributed by atoms with Crippen molar-refractivity contribution in [3.8, 4) is 0 Å². The zero-order valence-corrected chi connectivity index (χ0v) is 13.7. The highest BCUT2D eigenvalue weighted by atomic mass is 28.3. The van der Waals surface area contributed by atoms with Gasteiger partial charge in [0.25, 0.3) is 0 Å². The second-order valence-electron chi connectivity index (χ2n) is 6.04. The zero-order chi connectivity index (χ0) is 14.8. The normalized spacial score (nSPS) is 14.6. The summed E-state index contributed by atoms with van der Waals surface area (Å²) in [5.41, 5.74) is 1.13. The van der Waals surface area contributed by atoms with Gasteiger partial charge in [0, 0.05) is 5.04 Å². The van der Waals surface area contributed by atoms with Crippen LogP contribution in [0.4, 0.5) is 0 Å². The van der Waals surface area contributed by atoms with Gasteiger partial charge < -0.3 is 0 Å². The van der Waals surface area contributed by atoms with Crippen LogP contribution in [-0.2, 0) is 9.83 Å². The van der Waals surface area contributed by atoms with E-state index >= 15 is 0 Å². The number of hydrogen-bond donors (Lipinski definition) is 0. The molecular formula is C18H22OSi. The van der Waals surface area contributed by atoms with E-state index in [0.29, 0.717) is 0 Å². The quantitative estimate of drug-likeness (QED) is 0.782. The minimum atomic E-state index is -1.99. The summed E-state index contributed by atoms with van der Waals surface area (Å²) in [6.07, 6.45) is 0. The van der Waals surface area contributed by atoms with Gasteiger partial charge in [-0.3, -0.25) is 4.79 Å². The maximum absolute atomic E-state index is 12.5. The lowest BCUT2D eigenvalue weighted by molar-refractivity contribution is -0.119. The maximum atomic E-state index is 12.5. The molecule has 0 amide bonds. The molecule has 0 aliphatic rings. The first-order valence-electron chi connectivity index (χ1n) is 7.03. The Morgan fingerprint density at radius 2 is 1.35 bits per heavy atom. The molecule has 2 heteroatoms. The van der Waals surface area contributed by atoms with Crippen LogP contribution in [0.2, 0.25) is 13.1 Å². The molecule has 0 bridgehead atoms. The van der Waals surface area contributed by atoms with Gasteiger partial charge in [0.05, 0.1) is 8.07 Å². The third-order valence-electron chi connectivity index (χ3n) is 4.80. The van der Waals surface area contributed by atoms with E-state index in [1.807, 2.05) is 24.3 Å². The fourth-order valence-electron chi connectivity index (χ4n) is 2.92. The maximum Gasteiger partial charge on any atom is 0.137 e. The van der Waals surface area contributed by atoms with Crippen molar-refractivity contribution >= 4 is 19.0 Å². The molecule has 0 aliphatic carbocycles. The second kappa shape index (κ2) is 5.37. The molecule has 0 unspecified atom stereocenters. The van der Waals surface area contributed by atoms with Crippen molar-refractivity contribution in [2.75, 3.05) is 0 Å². The Hall–Kier alpha value is -1.67. The standard InChI is InChI=1S/C18H22OSi/c1-15(19)18(2,16-11-7-5-8-12-16)20(3,4)17-13-9-6-10-14-17/h5-14H,1-4H3/t18-/m1/s1. The summed E-state index contributed by atoms with van der Waals surface area (Å²) in [6, 6.07) is 20.7. The van der Waals surface area contributed by atoms with Crippen molar-refractivity contribution in [1.29, 1.82) is 0 Å². The van der Waals surface area contributed by atoms with E-state index in [1.165, 1.54) is 5.19 Å². The number of carbonyl (C=O) groups excluding carboxylic acids is 1. The molecule has 0 spiro atoms. The third kappa shape index (κ3) is 2.25. The highest BCUT2D eigenvalue weighted by Gasteiger charge is 2.48. The number of carbonyl (C=O) groups is 1. The molecule has 0 saturated heterocycles. The average Bonchev–Trinajstić information content (AvgIpc) is 2.47. The molecule has 0 radical (unpaired) electrons. The minimum absolute atomic E-state index is 0.254. The van der Waals surface area contributed by atoms with Crippen molar-refractivity contribution < 1.29 is 4.79 Å². The van der Waals surface area contributed by atoms with Crippen LogP contribution in [0.1, 0.15) is 19.4 Å². The van der Waals surface area contributed by atoms with Crippen molar-refractivity contribution in [3.05, 3.63) is 66.2 Å². The van der Waals surface area contributed by atoms with Gasteiger partial charge in [-0.25, -0.2) is 0 Å². The predicted molar refractivity (Wildman–Crippen MR) is 88.0 cm³/mol. The number of benzene rings is 2. The molecule has 0 saturated carbocycles. The summed E-state index contributed by atoms with van der Waals surface area (Å²) in [7, 11) is -1.99. The Bertz CT molecular complexity index is 589. The molecule has 2 aromatic rings. The van der Waals surface area contributed by atoms with Crippen LogP contribution in [0.25, 0.3) is 0 Å². The summed E-state index contributed by atoms with van der Waals surface area (Å²) in [4.78, 5) is 12.5. The van der Waals surface area contributed by atoms with E-state index in [4.69, 9.17) is 0 Å². The first-order valence-corrected chi connectivity index (χ1v) is 10.0. The molecule has 20 heavy (non-hydrogen) atoms. The molecule has 1 atom stereocenters. The Kier molecular flexibility index (Phi) is 3.96. The van der Waals surface area contributed by atoms with E-state index in [1.54, 1.807) is 6.92 Å². The highest BCUT2D eigenvalue weighted by Crippen LogP contribution is 2.34. The topological polar surface area (TPSA) is 17.1 Å². The number of hydrogen-bond acceptors (Lipinski definition) is 1. The molecule has 0 aliphatic heterocycles. The Balaban J connectivity index is 2.62. The van der Waals surface area contributed by atoms with Crippen LogP contribution < -0.4 is 5.19 Å². The van der Waals surface area contributed by atoms with Gasteiger partial charge in [-0.1, -0.05) is 85.9 Å². The summed E-state index contributed by atoms with van der Waals surface area (Å²) < 4.78 is 0. The number of rotatable bonds is 4. The lowest BCUT2D eigenvalue weighted by atomic mass is 9.96. The van der Waals surface area contributed by atoms with Crippen LogP contribution in [0, 0.1) is 0 Å². The predicted octanol–water partition coefficient (Wildman–Crippen LogP) is 3.69. The second-order valence-corrected chi connectivity index (χ2v) is 10.9. The molecule has 0 aromatic heterocycles. The first kappa shape index (κ1) is 14.7. The fourth-order valence-corrected chi connectivity index (χ4v) is 6.29. The smallest absolute Gasteiger partial charge is 0.137 e. The highest BCUT2D eigenvalue weighted by molar-refractivity contribution is 6.94. The number of Topliss-reactive ketones (excluding diaryl/α,β-unsaturated/α-hetero) is 1. The van der Waals surface area contributed by atoms with Crippen LogP contribution in [-0.4, -0.2) is 13.9 Å². The van der Waals surface area contributed by atoms with Crippen molar-refractivity contribution in [1.82, 2.24) is 0 Å². The third-order valence-corrected chi connectivity index (χ3v) is 9.72. The van der Waals surface area contributed by atoms with E-state index < -0.39 is 13.1 Å². The molecule has 2 rings (SSSR count). The Labute approximate surface area is 122 Å². The monoisotopic (exact) mass is 282 g/mol. The van der Waals surface area contributed by atoms with Crippen molar-refractivity contribution in [2.45, 2.75) is 32.0 Å². The lowest BCUT2D eigenvalue weighted by Gasteiger charge is -2.42. The SMILES string of the molecule is CC(=O)[C@](C)(c1ccccc1)[Si](C)(C)c1ccccc1. The van der Waals surface area contributed by atoms with Gasteiger partial charge in [0.15, 0.2) is 0 Å². The fraction of sp³-hybridized carbons (Fsp3) is 0.278. The van der Waals surface area contributed by atoms with Crippen molar-refractivity contribution in [2.24, 2.45) is 0 Å². The minimum Gasteiger partial charge on any atom is -0.299 e. The molecular weight excluding hydrogens is 260 g/mol. The van der Waals surface area contributed by atoms with E-state index in [9.17, 15) is 4.79 Å². The molecule has 1 nitrogen and oxygen atoms in total. The van der Waals surface area contributed by atoms with Gasteiger partial charge in [0.1, 0.15) is 5.78 Å². The lowest BCUT2D eigenvalue weighted by Crippen LogP contribution is -2.61. The number of ketones is 1. The largest absolute Gasteiger partial charge is 0.299 e. The molecule has 104 valence electrons. The van der Waals surface area contributed by atoms with Gasteiger partial charge >= 0.3 is 0 Å². The first-order chi connectivity index (χ1) is 9.40. The van der Waals surface area contributed by atoms with Crippen LogP contribution >= 0.6 is 0 Å². The molecule has 0 N–H and O–H groups in total. The Morgan fingerprint density at radius 1 is 0.900 bits per heavy atom. The average molecular weight is 282 g/mol. The zero-order valence-electron chi connectivity index (χ0n) is 12.7. The van der Waals surface area contributed by atoms with Gasteiger partial charge in [-0.2, -0.15) is 0 Å². The molecule has 2 aromatic carbocycles. The van der Waals surface area contributed by atoms with E-state index in [-0.39, 0.29) is 5.78 Å². The molecule has 0 fully saturated rings. The Morgan fingerprint density at radius 3 is 1.80 bits per heavy atom. The van der Waals surface area contributed by atoms with Crippen LogP contribution in [0.3, 0.4) is 0 Å². The van der Waals surface area contributed by atoms with Gasteiger partial charge in [-0.05, 0) is 12.5 Å². The summed E-state index contributed by atoms with van der Waals surface area (Å²) in [5.74, 6) is 0.254. The van der Waals surface area contributed by atoms with Gasteiger partial charge in [0.2, 0.25) is 0 Å². The molecule has 0 heterocycles. The van der Waals surface area contributed by atoms with Crippen LogP contribution in [0.15, 0.2) is 60.7 Å². The van der Waals surface area contributed by atoms with E-state index in [2.05, 4.69) is 56.4 Å². The summed E-state index contributed by atoms with van der Waals surface area (Å²) >= 11 is 0.